The molecule has 0 aromatic heterocycles. The number of hydrogen-bond acceptors (Lipinski definition) is 3. The van der Waals surface area contributed by atoms with Crippen molar-refractivity contribution in [3.8, 4) is 0 Å². The maximum absolute atomic E-state index is 11.8. The summed E-state index contributed by atoms with van der Waals surface area (Å²) in [5.41, 5.74) is 5.08. The van der Waals surface area contributed by atoms with Gasteiger partial charge in [0, 0.05) is 12.1 Å². The Labute approximate surface area is 130 Å². The molecule has 0 heterocycles. The quantitative estimate of drug-likeness (QED) is 0.582. The number of unbranched alkanes of at least 4 members (excludes halogenated alkanes) is 1. The fourth-order valence-electron chi connectivity index (χ4n) is 2.75. The lowest BCUT2D eigenvalue weighted by molar-refractivity contribution is -0.124. The van der Waals surface area contributed by atoms with E-state index >= 15 is 0 Å². The van der Waals surface area contributed by atoms with Gasteiger partial charge in [0.05, 0.1) is 5.54 Å². The first kappa shape index (κ1) is 18.4. The molecule has 0 bridgehead atoms. The van der Waals surface area contributed by atoms with Crippen LogP contribution in [0.25, 0.3) is 0 Å². The number of hydrogen-bond donors (Lipinski definition) is 2. The molecule has 1 aliphatic carbocycles. The van der Waals surface area contributed by atoms with E-state index in [0.717, 1.165) is 25.9 Å². The maximum atomic E-state index is 11.8. The van der Waals surface area contributed by atoms with Crippen LogP contribution < -0.4 is 11.1 Å². The van der Waals surface area contributed by atoms with Crippen LogP contribution in [0.3, 0.4) is 0 Å². The zero-order chi connectivity index (χ0) is 15.9. The lowest BCUT2D eigenvalue weighted by Gasteiger charge is -2.31. The van der Waals surface area contributed by atoms with Gasteiger partial charge >= 0.3 is 0 Å². The molecular weight excluding hydrogens is 262 g/mol. The predicted octanol–water partition coefficient (Wildman–Crippen LogP) is 2.66. The zero-order valence-corrected chi connectivity index (χ0v) is 14.5. The number of primary amides is 1. The molecule has 3 N–H and O–H groups in total. The fraction of sp³-hybridized carbons (Fsp3) is 0.941. The first-order valence-electron chi connectivity index (χ1n) is 8.74. The Morgan fingerprint density at radius 1 is 1.33 bits per heavy atom. The molecule has 2 unspecified atom stereocenters. The molecule has 1 fully saturated rings. The molecule has 1 aliphatic rings. The molecule has 0 aliphatic heterocycles. The molecular formula is C17H35N3O. The third-order valence-corrected chi connectivity index (χ3v) is 4.78. The molecule has 1 rings (SSSR count). The number of amides is 1. The Kier molecular flexibility index (Phi) is 7.67. The van der Waals surface area contributed by atoms with Crippen molar-refractivity contribution in [3.05, 3.63) is 0 Å². The molecule has 4 nitrogen and oxygen atoms in total. The summed E-state index contributed by atoms with van der Waals surface area (Å²) in [5.74, 6) is -0.210. The number of nitrogens with zero attached hydrogens (tertiary/aromatic N) is 1. The standard InChI is InChI=1S/C17H35N3O/c1-5-7-12-20(14(3)6-2)13-8-11-17(4,16(18)21)19-15-9-10-15/h14-15,19H,5-13H2,1-4H3,(H2,18,21). The van der Waals surface area contributed by atoms with E-state index in [0.29, 0.717) is 12.1 Å². The van der Waals surface area contributed by atoms with Crippen LogP contribution in [0, 0.1) is 0 Å². The lowest BCUT2D eigenvalue weighted by atomic mass is 9.94. The number of nitrogens with two attached hydrogens (primary N) is 1. The van der Waals surface area contributed by atoms with Crippen molar-refractivity contribution < 1.29 is 4.79 Å². The van der Waals surface area contributed by atoms with Crippen LogP contribution in [0.4, 0.5) is 0 Å². The average Bonchev–Trinajstić information content (AvgIpc) is 3.25. The highest BCUT2D eigenvalue weighted by Gasteiger charge is 2.36. The summed E-state index contributed by atoms with van der Waals surface area (Å²) in [4.78, 5) is 14.3. The summed E-state index contributed by atoms with van der Waals surface area (Å²) in [6, 6.07) is 1.13. The van der Waals surface area contributed by atoms with Gasteiger partial charge in [0.25, 0.3) is 0 Å². The van der Waals surface area contributed by atoms with Gasteiger partial charge in [-0.05, 0) is 65.5 Å². The first-order valence-corrected chi connectivity index (χ1v) is 8.74. The summed E-state index contributed by atoms with van der Waals surface area (Å²) in [6.07, 6.45) is 7.87. The first-order chi connectivity index (χ1) is 9.92. The second-order valence-electron chi connectivity index (χ2n) is 6.87. The van der Waals surface area contributed by atoms with E-state index in [4.69, 9.17) is 5.73 Å². The van der Waals surface area contributed by atoms with Gasteiger partial charge in [0.1, 0.15) is 0 Å². The average molecular weight is 297 g/mol. The van der Waals surface area contributed by atoms with Crippen molar-refractivity contribution in [1.29, 1.82) is 0 Å². The molecule has 0 spiro atoms. The van der Waals surface area contributed by atoms with Crippen molar-refractivity contribution in [1.82, 2.24) is 10.2 Å². The molecule has 0 saturated heterocycles. The molecule has 0 radical (unpaired) electrons. The summed E-state index contributed by atoms with van der Waals surface area (Å²) >= 11 is 0. The van der Waals surface area contributed by atoms with Crippen LogP contribution in [0.15, 0.2) is 0 Å². The molecule has 4 heteroatoms. The Morgan fingerprint density at radius 2 is 1.95 bits per heavy atom. The van der Waals surface area contributed by atoms with Crippen LogP contribution in [0.1, 0.15) is 72.6 Å². The Morgan fingerprint density at radius 3 is 2.43 bits per heavy atom. The monoisotopic (exact) mass is 297 g/mol. The minimum atomic E-state index is -0.535. The van der Waals surface area contributed by atoms with Crippen molar-refractivity contribution in [2.45, 2.75) is 90.3 Å². The van der Waals surface area contributed by atoms with E-state index in [1.807, 2.05) is 6.92 Å². The van der Waals surface area contributed by atoms with Gasteiger partial charge in [-0.15, -0.1) is 0 Å². The number of nitrogens with one attached hydrogen (secondary N) is 1. The van der Waals surface area contributed by atoms with Crippen molar-refractivity contribution >= 4 is 5.91 Å². The van der Waals surface area contributed by atoms with E-state index in [1.165, 1.54) is 32.1 Å². The summed E-state index contributed by atoms with van der Waals surface area (Å²) in [6.45, 7) is 11.0. The third-order valence-electron chi connectivity index (χ3n) is 4.78. The second-order valence-corrected chi connectivity index (χ2v) is 6.87. The topological polar surface area (TPSA) is 58.4 Å². The Balaban J connectivity index is 2.43. The SMILES string of the molecule is CCCCN(CCCC(C)(NC1CC1)C(N)=O)C(C)CC. The van der Waals surface area contributed by atoms with E-state index < -0.39 is 5.54 Å². The number of carbonyl (C=O) groups is 1. The van der Waals surface area contributed by atoms with Crippen LogP contribution >= 0.6 is 0 Å². The van der Waals surface area contributed by atoms with Crippen molar-refractivity contribution in [2.75, 3.05) is 13.1 Å². The van der Waals surface area contributed by atoms with E-state index in [9.17, 15) is 4.79 Å². The normalized spacial score (nSPS) is 19.5. The minimum absolute atomic E-state index is 0.210. The molecule has 21 heavy (non-hydrogen) atoms. The maximum Gasteiger partial charge on any atom is 0.237 e. The van der Waals surface area contributed by atoms with E-state index in [2.05, 4.69) is 31.0 Å². The van der Waals surface area contributed by atoms with Gasteiger partial charge in [-0.1, -0.05) is 20.3 Å². The van der Waals surface area contributed by atoms with Gasteiger partial charge in [0.2, 0.25) is 5.91 Å². The van der Waals surface area contributed by atoms with Crippen LogP contribution in [0.5, 0.6) is 0 Å². The summed E-state index contributed by atoms with van der Waals surface area (Å²) in [7, 11) is 0. The van der Waals surface area contributed by atoms with Crippen molar-refractivity contribution in [3.63, 3.8) is 0 Å². The molecule has 1 saturated carbocycles. The van der Waals surface area contributed by atoms with Gasteiger partial charge in [0.15, 0.2) is 0 Å². The Hall–Kier alpha value is -0.610. The smallest absolute Gasteiger partial charge is 0.237 e. The highest BCUT2D eigenvalue weighted by molar-refractivity contribution is 5.84. The fourth-order valence-corrected chi connectivity index (χ4v) is 2.75. The molecule has 0 aromatic rings. The number of carbonyl (C=O) groups excluding carboxylic acids is 1. The molecule has 0 aromatic carbocycles. The van der Waals surface area contributed by atoms with E-state index in [1.54, 1.807) is 0 Å². The van der Waals surface area contributed by atoms with Gasteiger partial charge < -0.3 is 16.0 Å². The van der Waals surface area contributed by atoms with Crippen LogP contribution in [-0.2, 0) is 4.79 Å². The second kappa shape index (κ2) is 8.74. The summed E-state index contributed by atoms with van der Waals surface area (Å²) in [5, 5.41) is 3.43. The van der Waals surface area contributed by atoms with Gasteiger partial charge in [-0.25, -0.2) is 0 Å². The van der Waals surface area contributed by atoms with Crippen LogP contribution in [-0.4, -0.2) is 41.5 Å². The minimum Gasteiger partial charge on any atom is -0.368 e. The third kappa shape index (κ3) is 6.35. The largest absolute Gasteiger partial charge is 0.368 e. The zero-order valence-electron chi connectivity index (χ0n) is 14.5. The molecule has 124 valence electrons. The lowest BCUT2D eigenvalue weighted by Crippen LogP contribution is -2.54. The highest BCUT2D eigenvalue weighted by atomic mass is 16.1. The highest BCUT2D eigenvalue weighted by Crippen LogP contribution is 2.25. The van der Waals surface area contributed by atoms with Gasteiger partial charge in [-0.3, -0.25) is 4.79 Å². The number of rotatable bonds is 12. The Bertz CT molecular complexity index is 317. The van der Waals surface area contributed by atoms with E-state index in [-0.39, 0.29) is 5.91 Å². The van der Waals surface area contributed by atoms with Crippen molar-refractivity contribution in [2.24, 2.45) is 5.73 Å². The molecule has 2 atom stereocenters. The van der Waals surface area contributed by atoms with Gasteiger partial charge in [-0.2, -0.15) is 0 Å². The van der Waals surface area contributed by atoms with Crippen LogP contribution in [0.2, 0.25) is 0 Å². The molecule has 1 amide bonds. The predicted molar refractivity (Wildman–Crippen MR) is 89.2 cm³/mol. The summed E-state index contributed by atoms with van der Waals surface area (Å²) < 4.78 is 0.